The quantitative estimate of drug-likeness (QED) is 0.106. The van der Waals surface area contributed by atoms with Gasteiger partial charge in [-0.25, -0.2) is 9.59 Å². The van der Waals surface area contributed by atoms with Gasteiger partial charge in [-0.05, 0) is 60.4 Å². The van der Waals surface area contributed by atoms with Crippen LogP contribution < -0.4 is 10.5 Å². The number of hydrogen-bond acceptors (Lipinski definition) is 16. The third-order valence-electron chi connectivity index (χ3n) is 13.6. The van der Waals surface area contributed by atoms with E-state index in [0.717, 1.165) is 19.4 Å². The van der Waals surface area contributed by atoms with Crippen LogP contribution in [-0.4, -0.2) is 111 Å². The van der Waals surface area contributed by atoms with E-state index in [9.17, 15) is 39.6 Å². The van der Waals surface area contributed by atoms with Crippen LogP contribution in [0.15, 0.2) is 96.1 Å². The minimum Gasteiger partial charge on any atom is -0.489 e. The molecule has 7 rings (SSSR count). The molecule has 1 saturated heterocycles. The Labute approximate surface area is 363 Å². The SMILES string of the molecule is CC(=O)O[C@H]1C(=O)[C@@]2(C)[C@H]([C@H](OC(=O)c3ccccc3)[C@]3(O)C[C@H](OC(=O)[C@H](O)[C@@H](N)c4ccc(OCc5ccccc5)cc4)C(C)=C1C3(C)C)[C@]1(OC(C)=O)CO[C@@H]1[C@@H](O)[C@@H]2O. The maximum absolute atomic E-state index is 15.5. The Bertz CT molecular complexity index is 2280. The van der Waals surface area contributed by atoms with E-state index in [1.165, 1.54) is 39.8 Å². The topological polar surface area (TPSA) is 248 Å². The lowest BCUT2D eigenvalue weighted by Gasteiger charge is -2.68. The molecule has 6 N–H and O–H groups in total. The van der Waals surface area contributed by atoms with Gasteiger partial charge in [0.05, 0.1) is 35.6 Å². The molecule has 0 aromatic heterocycles. The molecule has 63 heavy (non-hydrogen) atoms. The molecule has 3 aliphatic carbocycles. The van der Waals surface area contributed by atoms with Crippen molar-refractivity contribution >= 4 is 29.7 Å². The summed E-state index contributed by atoms with van der Waals surface area (Å²) in [5, 5.41) is 48.6. The molecule has 0 radical (unpaired) electrons. The van der Waals surface area contributed by atoms with Gasteiger partial charge in [-0.15, -0.1) is 0 Å². The second-order valence-corrected chi connectivity index (χ2v) is 17.6. The molecule has 0 spiro atoms. The summed E-state index contributed by atoms with van der Waals surface area (Å²) < 4.78 is 35.6. The van der Waals surface area contributed by atoms with E-state index in [2.05, 4.69) is 0 Å². The third-order valence-corrected chi connectivity index (χ3v) is 13.6. The first-order chi connectivity index (χ1) is 29.7. The third kappa shape index (κ3) is 7.61. The highest BCUT2D eigenvalue weighted by Gasteiger charge is 2.80. The van der Waals surface area contributed by atoms with Crippen LogP contribution in [0.4, 0.5) is 0 Å². The van der Waals surface area contributed by atoms with Crippen LogP contribution >= 0.6 is 0 Å². The summed E-state index contributed by atoms with van der Waals surface area (Å²) in [7, 11) is 0. The van der Waals surface area contributed by atoms with Gasteiger partial charge >= 0.3 is 23.9 Å². The van der Waals surface area contributed by atoms with Crippen molar-refractivity contribution in [2.24, 2.45) is 22.5 Å². The van der Waals surface area contributed by atoms with Crippen LogP contribution in [0.5, 0.6) is 5.75 Å². The number of carbonyl (C=O) groups excluding carboxylic acids is 5. The van der Waals surface area contributed by atoms with Crippen molar-refractivity contribution in [2.45, 2.75) is 115 Å². The predicted octanol–water partition coefficient (Wildman–Crippen LogP) is 2.81. The standard InChI is InChI=1S/C47H53NO15/c1-24-31(61-43(56)34(51)33(48)28-17-19-30(20-18-28)58-22-27-13-9-7-10-14-27)21-47(57)41(62-42(55)29-15-11-8-12-16-29)37-45(6,39(54)36(60-25(2)49)32(24)44(47,4)5)38(53)35(52)40-46(37,23-59-40)63-26(3)50/h7-20,31,33-38,40-41,51-53,57H,21-23,48H2,1-6H3/t31-,33-,34+,35-,36+,37-,38-,40+,41-,45-,46+,47+/m0/s1. The zero-order valence-electron chi connectivity index (χ0n) is 35.8. The summed E-state index contributed by atoms with van der Waals surface area (Å²) in [4.78, 5) is 69.6. The van der Waals surface area contributed by atoms with Gasteiger partial charge in [0.15, 0.2) is 23.6 Å². The molecule has 1 heterocycles. The first-order valence-electron chi connectivity index (χ1n) is 20.7. The van der Waals surface area contributed by atoms with Crippen molar-refractivity contribution < 1.29 is 72.8 Å². The van der Waals surface area contributed by atoms with E-state index in [-0.39, 0.29) is 16.7 Å². The van der Waals surface area contributed by atoms with Gasteiger partial charge in [-0.2, -0.15) is 0 Å². The van der Waals surface area contributed by atoms with E-state index in [1.54, 1.807) is 42.5 Å². The number of benzene rings is 3. The molecule has 0 amide bonds. The molecule has 3 aromatic carbocycles. The summed E-state index contributed by atoms with van der Waals surface area (Å²) >= 11 is 0. The van der Waals surface area contributed by atoms with Crippen LogP contribution in [0.25, 0.3) is 0 Å². The first-order valence-corrected chi connectivity index (χ1v) is 20.7. The number of carbonyl (C=O) groups is 5. The molecule has 4 aliphatic rings. The summed E-state index contributed by atoms with van der Waals surface area (Å²) in [6, 6.07) is 22.4. The van der Waals surface area contributed by atoms with E-state index in [0.29, 0.717) is 17.9 Å². The van der Waals surface area contributed by atoms with Crippen LogP contribution in [0.1, 0.15) is 75.5 Å². The first kappa shape index (κ1) is 45.5. The van der Waals surface area contributed by atoms with Crippen molar-refractivity contribution in [2.75, 3.05) is 6.61 Å². The molecule has 3 aromatic rings. The fourth-order valence-electron chi connectivity index (χ4n) is 10.2. The molecular weight excluding hydrogens is 819 g/mol. The lowest BCUT2D eigenvalue weighted by molar-refractivity contribution is -0.369. The number of fused-ring (bicyclic) bond motifs is 5. The zero-order chi connectivity index (χ0) is 45.8. The van der Waals surface area contributed by atoms with Crippen molar-refractivity contribution in [3.63, 3.8) is 0 Å². The van der Waals surface area contributed by atoms with Gasteiger partial charge in [0.2, 0.25) is 0 Å². The van der Waals surface area contributed by atoms with Crippen LogP contribution in [0.3, 0.4) is 0 Å². The fraction of sp³-hybridized carbons (Fsp3) is 0.468. The predicted molar refractivity (Wildman–Crippen MR) is 220 cm³/mol. The van der Waals surface area contributed by atoms with Crippen molar-refractivity contribution in [3.05, 3.63) is 113 Å². The number of esters is 4. The number of aliphatic hydroxyl groups excluding tert-OH is 3. The Kier molecular flexibility index (Phi) is 12.2. The molecule has 16 heteroatoms. The molecule has 336 valence electrons. The number of ketones is 1. The van der Waals surface area contributed by atoms with Gasteiger partial charge in [-0.3, -0.25) is 14.4 Å². The van der Waals surface area contributed by atoms with E-state index >= 15 is 4.79 Å². The highest BCUT2D eigenvalue weighted by atomic mass is 16.6. The molecule has 2 saturated carbocycles. The maximum Gasteiger partial charge on any atom is 0.338 e. The van der Waals surface area contributed by atoms with Gasteiger partial charge < -0.3 is 54.6 Å². The zero-order valence-corrected chi connectivity index (χ0v) is 35.8. The largest absolute Gasteiger partial charge is 0.489 e. The van der Waals surface area contributed by atoms with Gasteiger partial charge in [0.25, 0.3) is 0 Å². The summed E-state index contributed by atoms with van der Waals surface area (Å²) in [5.41, 5.74) is -0.645. The number of nitrogens with two attached hydrogens (primary N) is 1. The average molecular weight is 872 g/mol. The minimum absolute atomic E-state index is 0.0322. The molecule has 12 atom stereocenters. The Morgan fingerprint density at radius 3 is 2.06 bits per heavy atom. The number of aliphatic hydroxyl groups is 4. The number of ether oxygens (including phenoxy) is 6. The number of Topliss-reactive ketones (excluding diaryl/α,β-unsaturated/α-hetero) is 1. The second kappa shape index (κ2) is 16.9. The highest BCUT2D eigenvalue weighted by Crippen LogP contribution is 2.64. The van der Waals surface area contributed by atoms with Crippen molar-refractivity contribution in [3.8, 4) is 5.75 Å². The Hall–Kier alpha value is -5.49. The maximum atomic E-state index is 15.5. The van der Waals surface area contributed by atoms with Gasteiger partial charge in [-0.1, -0.05) is 74.5 Å². The minimum atomic E-state index is -2.44. The fourth-order valence-corrected chi connectivity index (χ4v) is 10.2. The van der Waals surface area contributed by atoms with E-state index < -0.39 is 119 Å². The lowest BCUT2D eigenvalue weighted by atomic mass is 9.44. The molecule has 0 unspecified atom stereocenters. The van der Waals surface area contributed by atoms with Crippen LogP contribution in [0, 0.1) is 16.7 Å². The smallest absolute Gasteiger partial charge is 0.338 e. The van der Waals surface area contributed by atoms with Crippen LogP contribution in [0.2, 0.25) is 0 Å². The molecule has 16 nitrogen and oxygen atoms in total. The number of hydrogen-bond donors (Lipinski definition) is 5. The van der Waals surface area contributed by atoms with E-state index in [1.807, 2.05) is 30.3 Å². The van der Waals surface area contributed by atoms with Crippen LogP contribution in [-0.2, 0) is 49.5 Å². The summed E-state index contributed by atoms with van der Waals surface area (Å²) in [5.74, 6) is -6.21. The molecule has 2 bridgehead atoms. The normalized spacial score (nSPS) is 32.8. The average Bonchev–Trinajstić information content (AvgIpc) is 3.24. The Morgan fingerprint density at radius 1 is 0.873 bits per heavy atom. The summed E-state index contributed by atoms with van der Waals surface area (Å²) in [6.07, 6.45) is -13.2. The van der Waals surface area contributed by atoms with E-state index in [4.69, 9.17) is 34.2 Å². The Morgan fingerprint density at radius 2 is 1.49 bits per heavy atom. The highest BCUT2D eigenvalue weighted by molar-refractivity contribution is 5.95. The van der Waals surface area contributed by atoms with Gasteiger partial charge in [0, 0.05) is 25.7 Å². The Balaban J connectivity index is 1.31. The van der Waals surface area contributed by atoms with Crippen molar-refractivity contribution in [1.82, 2.24) is 0 Å². The second-order valence-electron chi connectivity index (χ2n) is 17.6. The monoisotopic (exact) mass is 871 g/mol. The molecule has 1 aliphatic heterocycles. The lowest BCUT2D eigenvalue weighted by Crippen LogP contribution is -2.85. The van der Waals surface area contributed by atoms with Gasteiger partial charge in [0.1, 0.15) is 42.4 Å². The molecular formula is C47H53NO15. The molecule has 3 fully saturated rings. The number of rotatable bonds is 11. The van der Waals surface area contributed by atoms with Crippen molar-refractivity contribution in [1.29, 1.82) is 0 Å². The summed E-state index contributed by atoms with van der Waals surface area (Å²) in [6.45, 7) is 7.78.